The first-order valence-corrected chi connectivity index (χ1v) is 10.5. The molecule has 0 saturated carbocycles. The Labute approximate surface area is 173 Å². The van der Waals surface area contributed by atoms with Gasteiger partial charge in [0.2, 0.25) is 5.91 Å². The van der Waals surface area contributed by atoms with Crippen LogP contribution in [0.4, 0.5) is 0 Å². The van der Waals surface area contributed by atoms with E-state index in [9.17, 15) is 9.59 Å². The highest BCUT2D eigenvalue weighted by Crippen LogP contribution is 2.14. The van der Waals surface area contributed by atoms with E-state index in [4.69, 9.17) is 0 Å². The largest absolute Gasteiger partial charge is 0.345 e. The van der Waals surface area contributed by atoms with Crippen molar-refractivity contribution in [3.63, 3.8) is 0 Å². The first kappa shape index (κ1) is 26.1. The van der Waals surface area contributed by atoms with Crippen molar-refractivity contribution in [2.75, 3.05) is 14.1 Å². The molecule has 0 aliphatic rings. The first-order valence-electron chi connectivity index (χ1n) is 10.5. The number of nitrogens with zero attached hydrogens (tertiary/aromatic N) is 1. The highest BCUT2D eigenvalue weighted by atomic mass is 16.2. The van der Waals surface area contributed by atoms with Crippen molar-refractivity contribution in [1.82, 2.24) is 4.90 Å². The van der Waals surface area contributed by atoms with Crippen LogP contribution in [0.3, 0.4) is 0 Å². The number of ketones is 1. The molecular formula is C25H41NO2. The van der Waals surface area contributed by atoms with Crippen LogP contribution in [0.2, 0.25) is 0 Å². The predicted molar refractivity (Wildman–Crippen MR) is 121 cm³/mol. The predicted octanol–water partition coefficient (Wildman–Crippen LogP) is 6.57. The van der Waals surface area contributed by atoms with E-state index in [1.165, 1.54) is 16.7 Å². The molecule has 0 fully saturated rings. The van der Waals surface area contributed by atoms with Crippen LogP contribution in [0.1, 0.15) is 86.0 Å². The Hall–Kier alpha value is -1.90. The molecule has 0 spiro atoms. The molecule has 0 rings (SSSR count). The van der Waals surface area contributed by atoms with Crippen LogP contribution in [0.25, 0.3) is 0 Å². The van der Waals surface area contributed by atoms with E-state index in [1.807, 2.05) is 13.0 Å². The number of allylic oxidation sites excluding steroid dienone is 7. The molecule has 0 aromatic rings. The van der Waals surface area contributed by atoms with Gasteiger partial charge in [-0.1, -0.05) is 41.0 Å². The SMILES string of the molecule is CC(=O)CC/C=C(\C)CC/C=C(\C)CC/C=C(\C)CC/C=C(\C)C(=O)N(C)C. The molecule has 0 saturated heterocycles. The number of Topliss-reactive ketones (excluding diaryl/α,β-unsaturated/α-hetero) is 1. The molecule has 0 aromatic carbocycles. The topological polar surface area (TPSA) is 37.4 Å². The van der Waals surface area contributed by atoms with Crippen LogP contribution in [-0.4, -0.2) is 30.7 Å². The lowest BCUT2D eigenvalue weighted by molar-refractivity contribution is -0.124. The minimum Gasteiger partial charge on any atom is -0.345 e. The van der Waals surface area contributed by atoms with Gasteiger partial charge in [-0.05, 0) is 79.6 Å². The third-order valence-corrected chi connectivity index (χ3v) is 4.78. The average Bonchev–Trinajstić information content (AvgIpc) is 2.60. The van der Waals surface area contributed by atoms with Gasteiger partial charge in [-0.25, -0.2) is 0 Å². The summed E-state index contributed by atoms with van der Waals surface area (Å²) in [6.07, 6.45) is 16.6. The molecule has 158 valence electrons. The maximum Gasteiger partial charge on any atom is 0.248 e. The summed E-state index contributed by atoms with van der Waals surface area (Å²) in [6.45, 7) is 10.1. The molecule has 1 amide bonds. The number of carbonyl (C=O) groups is 2. The monoisotopic (exact) mass is 387 g/mol. The Morgan fingerprint density at radius 2 is 0.964 bits per heavy atom. The third-order valence-electron chi connectivity index (χ3n) is 4.78. The van der Waals surface area contributed by atoms with E-state index in [-0.39, 0.29) is 11.7 Å². The summed E-state index contributed by atoms with van der Waals surface area (Å²) in [7, 11) is 3.57. The fourth-order valence-electron chi connectivity index (χ4n) is 2.88. The Bertz CT molecular complexity index is 618. The Kier molecular flexibility index (Phi) is 14.0. The molecule has 0 bridgehead atoms. The van der Waals surface area contributed by atoms with E-state index in [2.05, 4.69) is 39.0 Å². The molecule has 0 aromatic heterocycles. The van der Waals surface area contributed by atoms with E-state index in [0.29, 0.717) is 6.42 Å². The molecule has 0 N–H and O–H groups in total. The van der Waals surface area contributed by atoms with Gasteiger partial charge in [-0.15, -0.1) is 0 Å². The van der Waals surface area contributed by atoms with Gasteiger partial charge >= 0.3 is 0 Å². The van der Waals surface area contributed by atoms with Crippen LogP contribution < -0.4 is 0 Å². The molecule has 0 aliphatic carbocycles. The number of rotatable bonds is 13. The minimum absolute atomic E-state index is 0.0892. The van der Waals surface area contributed by atoms with Crippen LogP contribution >= 0.6 is 0 Å². The highest BCUT2D eigenvalue weighted by Gasteiger charge is 2.05. The fraction of sp³-hybridized carbons (Fsp3) is 0.600. The third kappa shape index (κ3) is 14.2. The van der Waals surface area contributed by atoms with E-state index in [1.54, 1.807) is 25.9 Å². The fourth-order valence-corrected chi connectivity index (χ4v) is 2.88. The molecule has 0 unspecified atom stereocenters. The van der Waals surface area contributed by atoms with Gasteiger partial charge in [0.05, 0.1) is 0 Å². The maximum atomic E-state index is 11.8. The summed E-state index contributed by atoms with van der Waals surface area (Å²) in [5.41, 5.74) is 5.02. The average molecular weight is 388 g/mol. The summed E-state index contributed by atoms with van der Waals surface area (Å²) in [5.74, 6) is 0.350. The zero-order valence-electron chi connectivity index (χ0n) is 19.2. The number of hydrogen-bond donors (Lipinski definition) is 0. The van der Waals surface area contributed by atoms with Crippen molar-refractivity contribution in [3.8, 4) is 0 Å². The second-order valence-corrected chi connectivity index (χ2v) is 8.09. The van der Waals surface area contributed by atoms with Crippen molar-refractivity contribution in [3.05, 3.63) is 46.6 Å². The molecule has 0 atom stereocenters. The van der Waals surface area contributed by atoms with Gasteiger partial charge in [-0.2, -0.15) is 0 Å². The van der Waals surface area contributed by atoms with Gasteiger partial charge in [0.15, 0.2) is 0 Å². The van der Waals surface area contributed by atoms with Gasteiger partial charge in [0.1, 0.15) is 5.78 Å². The summed E-state index contributed by atoms with van der Waals surface area (Å²) < 4.78 is 0. The van der Waals surface area contributed by atoms with Crippen molar-refractivity contribution in [2.24, 2.45) is 0 Å². The second-order valence-electron chi connectivity index (χ2n) is 8.09. The number of carbonyl (C=O) groups excluding carboxylic acids is 2. The quantitative estimate of drug-likeness (QED) is 0.265. The van der Waals surface area contributed by atoms with Crippen LogP contribution in [0.5, 0.6) is 0 Å². The summed E-state index contributed by atoms with van der Waals surface area (Å²) >= 11 is 0. The van der Waals surface area contributed by atoms with Crippen molar-refractivity contribution in [1.29, 1.82) is 0 Å². The minimum atomic E-state index is 0.0892. The molecule has 28 heavy (non-hydrogen) atoms. The summed E-state index contributed by atoms with van der Waals surface area (Å²) in [5, 5.41) is 0. The van der Waals surface area contributed by atoms with Crippen LogP contribution in [0.15, 0.2) is 46.6 Å². The number of amides is 1. The lowest BCUT2D eigenvalue weighted by Gasteiger charge is -2.10. The van der Waals surface area contributed by atoms with Gasteiger partial charge < -0.3 is 9.69 Å². The zero-order chi connectivity index (χ0) is 21.5. The summed E-state index contributed by atoms with van der Waals surface area (Å²) in [6, 6.07) is 0. The molecule has 0 aliphatic heterocycles. The van der Waals surface area contributed by atoms with E-state index in [0.717, 1.165) is 50.5 Å². The normalized spacial score (nSPS) is 13.7. The zero-order valence-corrected chi connectivity index (χ0v) is 19.2. The van der Waals surface area contributed by atoms with Crippen LogP contribution in [-0.2, 0) is 9.59 Å². The van der Waals surface area contributed by atoms with Gasteiger partial charge in [0.25, 0.3) is 0 Å². The van der Waals surface area contributed by atoms with Crippen LogP contribution in [0, 0.1) is 0 Å². The van der Waals surface area contributed by atoms with Crippen molar-refractivity contribution >= 4 is 11.7 Å². The lowest BCUT2D eigenvalue weighted by Crippen LogP contribution is -2.22. The molecule has 3 heteroatoms. The number of hydrogen-bond acceptors (Lipinski definition) is 2. The first-order chi connectivity index (χ1) is 13.1. The summed E-state index contributed by atoms with van der Waals surface area (Å²) in [4.78, 5) is 24.4. The van der Waals surface area contributed by atoms with Gasteiger partial charge in [0, 0.05) is 26.1 Å². The standard InChI is InChI=1S/C25H41NO2/c1-20(13-9-15-22(3)17-11-19-24(5)27)12-8-14-21(2)16-10-18-23(4)25(28)26(6)7/h13-14,17-18H,8-12,15-16,19H2,1-7H3/b20-13+,21-14+,22-17+,23-18+. The smallest absolute Gasteiger partial charge is 0.248 e. The van der Waals surface area contributed by atoms with E-state index < -0.39 is 0 Å². The Morgan fingerprint density at radius 1 is 0.607 bits per heavy atom. The highest BCUT2D eigenvalue weighted by molar-refractivity contribution is 5.92. The Morgan fingerprint density at radius 3 is 1.32 bits per heavy atom. The maximum absolute atomic E-state index is 11.8. The van der Waals surface area contributed by atoms with E-state index >= 15 is 0 Å². The Balaban J connectivity index is 4.15. The number of likely N-dealkylation sites (N-methyl/N-ethyl adjacent to an activating group) is 1. The van der Waals surface area contributed by atoms with Crippen molar-refractivity contribution in [2.45, 2.75) is 86.0 Å². The lowest BCUT2D eigenvalue weighted by atomic mass is 10.0. The molecule has 0 radical (unpaired) electrons. The molecular weight excluding hydrogens is 346 g/mol. The molecule has 0 heterocycles. The van der Waals surface area contributed by atoms with Crippen molar-refractivity contribution < 1.29 is 9.59 Å². The molecule has 3 nitrogen and oxygen atoms in total. The van der Waals surface area contributed by atoms with Gasteiger partial charge in [-0.3, -0.25) is 4.79 Å². The second kappa shape index (κ2) is 15.1.